The first-order valence-electron chi connectivity index (χ1n) is 9.02. The van der Waals surface area contributed by atoms with Gasteiger partial charge in [-0.1, -0.05) is 26.0 Å². The lowest BCUT2D eigenvalue weighted by Gasteiger charge is -2.27. The van der Waals surface area contributed by atoms with Crippen LogP contribution in [0.3, 0.4) is 0 Å². The van der Waals surface area contributed by atoms with E-state index in [4.69, 9.17) is 24.5 Å². The lowest BCUT2D eigenvalue weighted by Crippen LogP contribution is -2.43. The number of carbonyl (C=O) groups is 2. The fourth-order valence-electron chi connectivity index (χ4n) is 2.53. The number of unbranched alkanes of at least 4 members (excludes halogenated alkanes) is 1. The van der Waals surface area contributed by atoms with E-state index < -0.39 is 11.9 Å². The van der Waals surface area contributed by atoms with Crippen molar-refractivity contribution in [3.8, 4) is 5.75 Å². The number of piperazine rings is 1. The molecule has 2 rings (SSSR count). The molecule has 0 unspecified atom stereocenters. The van der Waals surface area contributed by atoms with Crippen molar-refractivity contribution in [1.82, 2.24) is 10.2 Å². The first kappa shape index (κ1) is 21.9. The first-order valence-corrected chi connectivity index (χ1v) is 9.02. The van der Waals surface area contributed by atoms with Crippen LogP contribution in [-0.4, -0.2) is 66.4 Å². The van der Waals surface area contributed by atoms with Crippen molar-refractivity contribution >= 4 is 11.9 Å². The largest absolute Gasteiger partial charge is 0.494 e. The third-order valence-electron chi connectivity index (χ3n) is 4.05. The fraction of sp³-hybridized carbons (Fsp3) is 0.579. The topological polar surface area (TPSA) is 99.1 Å². The molecule has 146 valence electrons. The van der Waals surface area contributed by atoms with E-state index in [2.05, 4.69) is 48.3 Å². The van der Waals surface area contributed by atoms with Gasteiger partial charge < -0.3 is 25.2 Å². The van der Waals surface area contributed by atoms with Crippen molar-refractivity contribution in [2.75, 3.05) is 39.3 Å². The maximum absolute atomic E-state index is 9.10. The number of hydrogen-bond acceptors (Lipinski definition) is 5. The molecule has 7 heteroatoms. The second kappa shape index (κ2) is 12.3. The number of benzene rings is 1. The Kier molecular flexibility index (Phi) is 10.3. The Bertz CT molecular complexity index is 545. The van der Waals surface area contributed by atoms with Gasteiger partial charge in [0.2, 0.25) is 0 Å². The van der Waals surface area contributed by atoms with Crippen molar-refractivity contribution in [2.45, 2.75) is 32.6 Å². The van der Waals surface area contributed by atoms with E-state index >= 15 is 0 Å². The number of nitrogens with zero attached hydrogens (tertiary/aromatic N) is 1. The zero-order chi connectivity index (χ0) is 19.4. The standard InChI is InChI=1S/C17H28N2O.C2H2O4/c1-15(2)16-6-5-7-17(14-16)20-13-4-3-10-19-11-8-18-9-12-19;3-1(4)2(5)6/h5-7,14-15,18H,3-4,8-13H2,1-2H3;(H,3,4)(H,5,6). The molecule has 1 aromatic rings. The van der Waals surface area contributed by atoms with Gasteiger partial charge in [0.1, 0.15) is 5.75 Å². The molecule has 0 amide bonds. The molecule has 1 saturated heterocycles. The Morgan fingerprint density at radius 2 is 1.81 bits per heavy atom. The summed E-state index contributed by atoms with van der Waals surface area (Å²) in [5, 5.41) is 18.2. The van der Waals surface area contributed by atoms with Gasteiger partial charge in [-0.2, -0.15) is 0 Å². The van der Waals surface area contributed by atoms with E-state index in [0.717, 1.165) is 31.9 Å². The minimum absolute atomic E-state index is 0.561. The maximum Gasteiger partial charge on any atom is 0.414 e. The van der Waals surface area contributed by atoms with E-state index in [0.29, 0.717) is 5.92 Å². The molecule has 0 radical (unpaired) electrons. The van der Waals surface area contributed by atoms with Gasteiger partial charge in [0, 0.05) is 26.2 Å². The summed E-state index contributed by atoms with van der Waals surface area (Å²) in [6, 6.07) is 8.48. The molecule has 3 N–H and O–H groups in total. The third kappa shape index (κ3) is 9.39. The zero-order valence-electron chi connectivity index (χ0n) is 15.6. The monoisotopic (exact) mass is 366 g/mol. The van der Waals surface area contributed by atoms with Crippen molar-refractivity contribution in [3.63, 3.8) is 0 Å². The minimum atomic E-state index is -1.82. The number of rotatable bonds is 7. The normalized spacial score (nSPS) is 14.4. The van der Waals surface area contributed by atoms with Crippen LogP contribution in [-0.2, 0) is 9.59 Å². The molecule has 0 aliphatic carbocycles. The molecular weight excluding hydrogens is 336 g/mol. The fourth-order valence-corrected chi connectivity index (χ4v) is 2.53. The van der Waals surface area contributed by atoms with Gasteiger partial charge in [0.05, 0.1) is 6.61 Å². The van der Waals surface area contributed by atoms with Crippen molar-refractivity contribution < 1.29 is 24.5 Å². The molecule has 0 spiro atoms. The highest BCUT2D eigenvalue weighted by Crippen LogP contribution is 2.20. The molecule has 0 aromatic heterocycles. The van der Waals surface area contributed by atoms with Gasteiger partial charge in [0.25, 0.3) is 0 Å². The van der Waals surface area contributed by atoms with Crippen LogP contribution in [0.2, 0.25) is 0 Å². The van der Waals surface area contributed by atoms with E-state index in [1.165, 1.54) is 31.6 Å². The van der Waals surface area contributed by atoms with Crippen molar-refractivity contribution in [1.29, 1.82) is 0 Å². The highest BCUT2D eigenvalue weighted by molar-refractivity contribution is 6.27. The summed E-state index contributed by atoms with van der Waals surface area (Å²) < 4.78 is 5.86. The number of ether oxygens (including phenoxy) is 1. The van der Waals surface area contributed by atoms with Crippen LogP contribution in [0.5, 0.6) is 5.75 Å². The van der Waals surface area contributed by atoms with Gasteiger partial charge in [-0.05, 0) is 43.0 Å². The van der Waals surface area contributed by atoms with Gasteiger partial charge in [-0.25, -0.2) is 9.59 Å². The van der Waals surface area contributed by atoms with Gasteiger partial charge in [-0.3, -0.25) is 0 Å². The Labute approximate surface area is 155 Å². The van der Waals surface area contributed by atoms with Crippen LogP contribution in [0.4, 0.5) is 0 Å². The van der Waals surface area contributed by atoms with Crippen LogP contribution >= 0.6 is 0 Å². The second-order valence-electron chi connectivity index (χ2n) is 6.48. The molecule has 1 aliphatic heterocycles. The molecule has 1 fully saturated rings. The smallest absolute Gasteiger partial charge is 0.414 e. The minimum Gasteiger partial charge on any atom is -0.494 e. The van der Waals surface area contributed by atoms with Crippen LogP contribution < -0.4 is 10.1 Å². The second-order valence-corrected chi connectivity index (χ2v) is 6.48. The van der Waals surface area contributed by atoms with Crippen LogP contribution in [0.25, 0.3) is 0 Å². The number of carboxylic acids is 2. The van der Waals surface area contributed by atoms with E-state index in [9.17, 15) is 0 Å². The molecule has 0 saturated carbocycles. The summed E-state index contributed by atoms with van der Waals surface area (Å²) >= 11 is 0. The summed E-state index contributed by atoms with van der Waals surface area (Å²) in [5.74, 6) is -2.07. The molecule has 7 nitrogen and oxygen atoms in total. The lowest BCUT2D eigenvalue weighted by molar-refractivity contribution is -0.159. The predicted octanol–water partition coefficient (Wildman–Crippen LogP) is 2.03. The summed E-state index contributed by atoms with van der Waals surface area (Å²) in [7, 11) is 0. The van der Waals surface area contributed by atoms with E-state index in [1.54, 1.807) is 0 Å². The van der Waals surface area contributed by atoms with E-state index in [1.807, 2.05) is 0 Å². The highest BCUT2D eigenvalue weighted by Gasteiger charge is 2.08. The molecule has 26 heavy (non-hydrogen) atoms. The summed E-state index contributed by atoms with van der Waals surface area (Å²) in [5.41, 5.74) is 1.35. The van der Waals surface area contributed by atoms with Crippen molar-refractivity contribution in [3.05, 3.63) is 29.8 Å². The SMILES string of the molecule is CC(C)c1cccc(OCCCCN2CCNCC2)c1.O=C(O)C(=O)O. The van der Waals surface area contributed by atoms with Gasteiger partial charge >= 0.3 is 11.9 Å². The average molecular weight is 366 g/mol. The molecule has 1 aromatic carbocycles. The quantitative estimate of drug-likeness (QED) is 0.501. The summed E-state index contributed by atoms with van der Waals surface area (Å²) in [6.07, 6.45) is 2.36. The number of hydrogen-bond donors (Lipinski definition) is 3. The molecule has 0 bridgehead atoms. The molecule has 0 atom stereocenters. The van der Waals surface area contributed by atoms with Gasteiger partial charge in [0.15, 0.2) is 0 Å². The Balaban J connectivity index is 0.000000487. The maximum atomic E-state index is 9.10. The third-order valence-corrected chi connectivity index (χ3v) is 4.05. The van der Waals surface area contributed by atoms with Gasteiger partial charge in [-0.15, -0.1) is 0 Å². The summed E-state index contributed by atoms with van der Waals surface area (Å²) in [4.78, 5) is 20.7. The highest BCUT2D eigenvalue weighted by atomic mass is 16.5. The number of aliphatic carboxylic acids is 2. The number of carboxylic acid groups (broad SMARTS) is 2. The lowest BCUT2D eigenvalue weighted by atomic mass is 10.0. The Hall–Kier alpha value is -2.12. The van der Waals surface area contributed by atoms with E-state index in [-0.39, 0.29) is 0 Å². The Morgan fingerprint density at radius 3 is 2.38 bits per heavy atom. The summed E-state index contributed by atoms with van der Waals surface area (Å²) in [6.45, 7) is 11.1. The predicted molar refractivity (Wildman–Crippen MR) is 99.8 cm³/mol. The van der Waals surface area contributed by atoms with Crippen LogP contribution in [0, 0.1) is 0 Å². The van der Waals surface area contributed by atoms with Crippen LogP contribution in [0.1, 0.15) is 38.2 Å². The average Bonchev–Trinajstić information content (AvgIpc) is 2.63. The van der Waals surface area contributed by atoms with Crippen LogP contribution in [0.15, 0.2) is 24.3 Å². The Morgan fingerprint density at radius 1 is 1.15 bits per heavy atom. The number of nitrogens with one attached hydrogen (secondary N) is 1. The molecular formula is C19H30N2O5. The molecule has 1 aliphatic rings. The van der Waals surface area contributed by atoms with Crippen molar-refractivity contribution in [2.24, 2.45) is 0 Å². The first-order chi connectivity index (χ1) is 12.4. The molecule has 1 heterocycles. The zero-order valence-corrected chi connectivity index (χ0v) is 15.6.